The average molecular weight is 527 g/mol. The third kappa shape index (κ3) is 4.66. The molecule has 2 amide bonds. The molecule has 0 atom stereocenters. The van der Waals surface area contributed by atoms with Crippen LogP contribution in [-0.4, -0.2) is 71.4 Å². The number of hydrogen-bond acceptors (Lipinski definition) is 6. The molecular weight excluding hydrogens is 506 g/mol. The van der Waals surface area contributed by atoms with E-state index in [0.717, 1.165) is 28.9 Å². The largest absolute Gasteiger partial charge is 0.420 e. The summed E-state index contributed by atoms with van der Waals surface area (Å²) in [6.07, 6.45) is -0.906. The number of imidazole rings is 1. The first-order valence-electron chi connectivity index (χ1n) is 11.5. The number of piperazine rings is 1. The molecule has 13 heteroatoms. The minimum Gasteiger partial charge on any atom is -0.333 e. The number of amides is 2. The van der Waals surface area contributed by atoms with Crippen LogP contribution in [0.4, 0.5) is 17.6 Å². The quantitative estimate of drug-likeness (QED) is 0.377. The highest BCUT2D eigenvalue weighted by Gasteiger charge is 2.41. The van der Waals surface area contributed by atoms with Crippen molar-refractivity contribution >= 4 is 17.5 Å². The van der Waals surface area contributed by atoms with Crippen LogP contribution in [0.3, 0.4) is 0 Å². The summed E-state index contributed by atoms with van der Waals surface area (Å²) in [4.78, 5) is 41.1. The van der Waals surface area contributed by atoms with Crippen molar-refractivity contribution in [2.75, 3.05) is 19.6 Å². The van der Waals surface area contributed by atoms with Crippen molar-refractivity contribution in [3.8, 4) is 11.3 Å². The molecule has 0 radical (unpaired) electrons. The summed E-state index contributed by atoms with van der Waals surface area (Å²) in [5.74, 6) is -1.44. The number of carbonyl (C=O) groups is 2. The Kier molecular flexibility index (Phi) is 6.08. The summed E-state index contributed by atoms with van der Waals surface area (Å²) in [6.45, 7) is 4.02. The second-order valence-corrected chi connectivity index (χ2v) is 9.43. The van der Waals surface area contributed by atoms with Crippen LogP contribution in [0, 0.1) is 5.82 Å². The number of carbonyl (C=O) groups excluding carboxylic acids is 2. The molecule has 4 heterocycles. The van der Waals surface area contributed by atoms with Crippen molar-refractivity contribution in [3.05, 3.63) is 77.9 Å². The number of fused-ring (bicyclic) bond motifs is 1. The lowest BCUT2D eigenvalue weighted by molar-refractivity contribution is -0.136. The normalized spacial score (nSPS) is 15.6. The molecule has 38 heavy (non-hydrogen) atoms. The summed E-state index contributed by atoms with van der Waals surface area (Å²) < 4.78 is 56.1. The van der Waals surface area contributed by atoms with Gasteiger partial charge in [-0.15, -0.1) is 0 Å². The third-order valence-electron chi connectivity index (χ3n) is 6.33. The molecule has 196 valence electrons. The van der Waals surface area contributed by atoms with Gasteiger partial charge in [-0.25, -0.2) is 23.9 Å². The lowest BCUT2D eigenvalue weighted by Crippen LogP contribution is -2.62. The van der Waals surface area contributed by atoms with Crippen molar-refractivity contribution in [1.29, 1.82) is 0 Å². The van der Waals surface area contributed by atoms with E-state index >= 15 is 0 Å². The van der Waals surface area contributed by atoms with Gasteiger partial charge in [-0.3, -0.25) is 9.59 Å². The highest BCUT2D eigenvalue weighted by molar-refractivity contribution is 5.95. The molecule has 0 saturated carbocycles. The zero-order valence-corrected chi connectivity index (χ0v) is 20.3. The van der Waals surface area contributed by atoms with Gasteiger partial charge in [0.25, 0.3) is 11.8 Å². The van der Waals surface area contributed by atoms with Crippen LogP contribution in [0.5, 0.6) is 0 Å². The summed E-state index contributed by atoms with van der Waals surface area (Å²) in [7, 11) is 0. The van der Waals surface area contributed by atoms with Gasteiger partial charge in [-0.05, 0) is 50.2 Å². The first kappa shape index (κ1) is 25.2. The molecule has 1 saturated heterocycles. The summed E-state index contributed by atoms with van der Waals surface area (Å²) in [5, 5.41) is 4.20. The second kappa shape index (κ2) is 9.15. The number of halogens is 4. The van der Waals surface area contributed by atoms with Gasteiger partial charge in [-0.2, -0.15) is 18.3 Å². The van der Waals surface area contributed by atoms with Crippen LogP contribution in [0.1, 0.15) is 40.4 Å². The van der Waals surface area contributed by atoms with E-state index in [2.05, 4.69) is 20.1 Å². The molecule has 0 spiro atoms. The minimum absolute atomic E-state index is 0.0570. The predicted octanol–water partition coefficient (Wildman–Crippen LogP) is 3.72. The Morgan fingerprint density at radius 2 is 1.74 bits per heavy atom. The van der Waals surface area contributed by atoms with Crippen molar-refractivity contribution < 1.29 is 27.2 Å². The maximum Gasteiger partial charge on any atom is 0.420 e. The second-order valence-electron chi connectivity index (χ2n) is 9.43. The molecule has 1 aliphatic rings. The van der Waals surface area contributed by atoms with E-state index in [1.807, 2.05) is 0 Å². The van der Waals surface area contributed by atoms with Gasteiger partial charge in [-0.1, -0.05) is 0 Å². The first-order chi connectivity index (χ1) is 17.9. The Labute approximate surface area is 213 Å². The SMILES string of the molecule is CC1(C)CN(C(=O)c2ccncn2)CCN1C(=O)c1cn2nc(-c3ccc(F)cc3)cc(C(F)(F)F)c2n1. The van der Waals surface area contributed by atoms with E-state index in [4.69, 9.17) is 0 Å². The van der Waals surface area contributed by atoms with Gasteiger partial charge in [0.15, 0.2) is 5.65 Å². The van der Waals surface area contributed by atoms with Gasteiger partial charge >= 0.3 is 6.18 Å². The van der Waals surface area contributed by atoms with E-state index < -0.39 is 34.7 Å². The average Bonchev–Trinajstić information content (AvgIpc) is 3.31. The molecule has 0 bridgehead atoms. The molecule has 1 fully saturated rings. The predicted molar refractivity (Wildman–Crippen MR) is 126 cm³/mol. The zero-order valence-electron chi connectivity index (χ0n) is 20.3. The fourth-order valence-electron chi connectivity index (χ4n) is 4.47. The number of nitrogens with zero attached hydrogens (tertiary/aromatic N) is 7. The number of hydrogen-bond donors (Lipinski definition) is 0. The summed E-state index contributed by atoms with van der Waals surface area (Å²) in [6, 6.07) is 7.19. The highest BCUT2D eigenvalue weighted by Crippen LogP contribution is 2.35. The molecule has 5 rings (SSSR count). The van der Waals surface area contributed by atoms with Crippen LogP contribution in [0.15, 0.2) is 55.1 Å². The molecule has 0 aliphatic carbocycles. The Bertz CT molecular complexity index is 1520. The first-order valence-corrected chi connectivity index (χ1v) is 11.5. The van der Waals surface area contributed by atoms with E-state index in [0.29, 0.717) is 0 Å². The fourth-order valence-corrected chi connectivity index (χ4v) is 4.47. The Morgan fingerprint density at radius 1 is 1.00 bits per heavy atom. The van der Waals surface area contributed by atoms with E-state index in [1.54, 1.807) is 18.7 Å². The molecule has 0 unspecified atom stereocenters. The van der Waals surface area contributed by atoms with E-state index in [1.165, 1.54) is 35.6 Å². The monoisotopic (exact) mass is 527 g/mol. The van der Waals surface area contributed by atoms with E-state index in [9.17, 15) is 27.2 Å². The van der Waals surface area contributed by atoms with Crippen LogP contribution in [0.25, 0.3) is 16.9 Å². The lowest BCUT2D eigenvalue weighted by Gasteiger charge is -2.46. The maximum absolute atomic E-state index is 13.9. The van der Waals surface area contributed by atoms with Crippen LogP contribution >= 0.6 is 0 Å². The number of alkyl halides is 3. The summed E-state index contributed by atoms with van der Waals surface area (Å²) in [5.41, 5.74) is -2.24. The van der Waals surface area contributed by atoms with Crippen LogP contribution in [0.2, 0.25) is 0 Å². The van der Waals surface area contributed by atoms with Gasteiger partial charge < -0.3 is 9.80 Å². The molecule has 1 aromatic carbocycles. The minimum atomic E-state index is -4.78. The van der Waals surface area contributed by atoms with Gasteiger partial charge in [0.1, 0.15) is 29.1 Å². The van der Waals surface area contributed by atoms with Crippen molar-refractivity contribution in [2.45, 2.75) is 25.6 Å². The Balaban J connectivity index is 1.46. The van der Waals surface area contributed by atoms with Crippen molar-refractivity contribution in [3.63, 3.8) is 0 Å². The molecule has 9 nitrogen and oxygen atoms in total. The topological polar surface area (TPSA) is 96.6 Å². The van der Waals surface area contributed by atoms with Crippen LogP contribution < -0.4 is 0 Å². The number of rotatable bonds is 3. The molecule has 3 aromatic heterocycles. The number of aromatic nitrogens is 5. The van der Waals surface area contributed by atoms with Crippen molar-refractivity contribution in [1.82, 2.24) is 34.4 Å². The maximum atomic E-state index is 13.9. The number of benzene rings is 1. The Hall–Kier alpha value is -4.42. The van der Waals surface area contributed by atoms with Crippen molar-refractivity contribution in [2.24, 2.45) is 0 Å². The molecule has 0 N–H and O–H groups in total. The van der Waals surface area contributed by atoms with E-state index in [-0.39, 0.29) is 48.2 Å². The molecule has 4 aromatic rings. The third-order valence-corrected chi connectivity index (χ3v) is 6.33. The fraction of sp³-hybridized carbons (Fsp3) is 0.280. The van der Waals surface area contributed by atoms with Gasteiger partial charge in [0.2, 0.25) is 0 Å². The highest BCUT2D eigenvalue weighted by atomic mass is 19.4. The van der Waals surface area contributed by atoms with Gasteiger partial charge in [0, 0.05) is 31.4 Å². The smallest absolute Gasteiger partial charge is 0.333 e. The summed E-state index contributed by atoms with van der Waals surface area (Å²) >= 11 is 0. The molecular formula is C25H21F4N7O2. The Morgan fingerprint density at radius 3 is 2.37 bits per heavy atom. The standard InChI is InChI=1S/C25H21F4N7O2/c1-24(2)13-34(22(37)18-7-8-30-14-31-18)9-10-35(24)23(38)20-12-36-21(32-20)17(25(27,28)29)11-19(33-36)15-3-5-16(26)6-4-15/h3-8,11-12,14H,9-10,13H2,1-2H3. The lowest BCUT2D eigenvalue weighted by atomic mass is 9.98. The van der Waals surface area contributed by atoms with Crippen LogP contribution in [-0.2, 0) is 6.18 Å². The van der Waals surface area contributed by atoms with Gasteiger partial charge in [0.05, 0.1) is 17.4 Å². The zero-order chi connectivity index (χ0) is 27.2. The molecule has 1 aliphatic heterocycles.